The van der Waals surface area contributed by atoms with Crippen molar-refractivity contribution < 1.29 is 19.4 Å². The molecule has 0 bridgehead atoms. The number of carbonyl (C=O) groups excluding carboxylic acids is 2. The van der Waals surface area contributed by atoms with E-state index in [4.69, 9.17) is 4.74 Å². The number of ketones is 2. The van der Waals surface area contributed by atoms with E-state index in [1.54, 1.807) is 0 Å². The normalized spacial score (nSPS) is 29.0. The van der Waals surface area contributed by atoms with Gasteiger partial charge in [0, 0.05) is 29.0 Å². The molecule has 4 nitrogen and oxygen atoms in total. The molecule has 1 aliphatic heterocycles. The SMILES string of the molecule is CC(=O)C[C@@]1(O)C(=O)C2=C(OC[C@@H]2C)c2ccc3c(c21)CCCC3(C)C. The van der Waals surface area contributed by atoms with E-state index in [1.165, 1.54) is 12.5 Å². The van der Waals surface area contributed by atoms with Crippen LogP contribution in [0.25, 0.3) is 5.76 Å². The second-order valence-electron chi connectivity index (χ2n) is 8.77. The lowest BCUT2D eigenvalue weighted by atomic mass is 9.65. The molecule has 138 valence electrons. The molecule has 0 fully saturated rings. The number of fused-ring (bicyclic) bond motifs is 4. The van der Waals surface area contributed by atoms with Crippen LogP contribution in [0.15, 0.2) is 17.7 Å². The maximum absolute atomic E-state index is 13.3. The van der Waals surface area contributed by atoms with Crippen molar-refractivity contribution in [2.75, 3.05) is 6.61 Å². The molecule has 2 aliphatic carbocycles. The van der Waals surface area contributed by atoms with Crippen molar-refractivity contribution in [3.63, 3.8) is 0 Å². The Kier molecular flexibility index (Phi) is 3.71. The average Bonchev–Trinajstić information content (AvgIpc) is 2.93. The zero-order valence-electron chi connectivity index (χ0n) is 15.9. The number of rotatable bonds is 2. The summed E-state index contributed by atoms with van der Waals surface area (Å²) in [6.45, 7) is 8.20. The van der Waals surface area contributed by atoms with Gasteiger partial charge in [0.2, 0.25) is 0 Å². The van der Waals surface area contributed by atoms with E-state index in [0.717, 1.165) is 30.4 Å². The van der Waals surface area contributed by atoms with Crippen LogP contribution in [0.4, 0.5) is 0 Å². The molecule has 0 unspecified atom stereocenters. The van der Waals surface area contributed by atoms with Crippen molar-refractivity contribution >= 4 is 17.3 Å². The van der Waals surface area contributed by atoms with Crippen LogP contribution in [0.5, 0.6) is 0 Å². The lowest BCUT2D eigenvalue weighted by Crippen LogP contribution is -2.44. The molecule has 0 amide bonds. The number of carbonyl (C=O) groups is 2. The van der Waals surface area contributed by atoms with Gasteiger partial charge in [-0.25, -0.2) is 0 Å². The smallest absolute Gasteiger partial charge is 0.199 e. The third-order valence-electron chi connectivity index (χ3n) is 6.27. The molecule has 0 spiro atoms. The Morgan fingerprint density at radius 1 is 1.35 bits per heavy atom. The quantitative estimate of drug-likeness (QED) is 0.884. The summed E-state index contributed by atoms with van der Waals surface area (Å²) < 4.78 is 5.87. The Labute approximate surface area is 154 Å². The van der Waals surface area contributed by atoms with Crippen LogP contribution in [0.3, 0.4) is 0 Å². The van der Waals surface area contributed by atoms with Crippen LogP contribution in [-0.2, 0) is 31.8 Å². The molecule has 26 heavy (non-hydrogen) atoms. The molecule has 1 aromatic carbocycles. The number of ether oxygens (including phenoxy) is 1. The van der Waals surface area contributed by atoms with Crippen LogP contribution in [-0.4, -0.2) is 23.3 Å². The molecule has 1 N–H and O–H groups in total. The molecule has 1 heterocycles. The Hall–Kier alpha value is -1.94. The Balaban J connectivity index is 2.05. The summed E-state index contributed by atoms with van der Waals surface area (Å²) in [5.41, 5.74) is 2.37. The minimum atomic E-state index is -1.78. The summed E-state index contributed by atoms with van der Waals surface area (Å²) in [6.07, 6.45) is 2.70. The lowest BCUT2D eigenvalue weighted by molar-refractivity contribution is -0.140. The molecule has 0 aromatic heterocycles. The highest BCUT2D eigenvalue weighted by Gasteiger charge is 2.52. The van der Waals surface area contributed by atoms with E-state index in [-0.39, 0.29) is 29.3 Å². The van der Waals surface area contributed by atoms with Crippen molar-refractivity contribution in [3.8, 4) is 0 Å². The predicted octanol–water partition coefficient (Wildman–Crippen LogP) is 3.43. The van der Waals surface area contributed by atoms with Crippen molar-refractivity contribution in [2.45, 2.75) is 64.4 Å². The van der Waals surface area contributed by atoms with Crippen LogP contribution in [0, 0.1) is 5.92 Å². The van der Waals surface area contributed by atoms with Gasteiger partial charge >= 0.3 is 0 Å². The first kappa shape index (κ1) is 17.5. The van der Waals surface area contributed by atoms with Crippen molar-refractivity contribution in [3.05, 3.63) is 40.0 Å². The number of hydrogen-bond acceptors (Lipinski definition) is 4. The van der Waals surface area contributed by atoms with E-state index < -0.39 is 5.60 Å². The van der Waals surface area contributed by atoms with E-state index in [0.29, 0.717) is 23.5 Å². The molecule has 0 radical (unpaired) electrons. The van der Waals surface area contributed by atoms with Gasteiger partial charge in [0.05, 0.1) is 6.61 Å². The highest BCUT2D eigenvalue weighted by atomic mass is 16.5. The highest BCUT2D eigenvalue weighted by Crippen LogP contribution is 2.51. The standard InChI is InChI=1S/C22H26O4/c1-12-11-26-19-15-7-8-16-14(6-5-9-21(16,3)4)18(15)22(25,10-13(2)23)20(24)17(12)19/h7-8,12,25H,5-6,9-11H2,1-4H3/t12-,22-/m0/s1. The van der Waals surface area contributed by atoms with Gasteiger partial charge in [-0.1, -0.05) is 32.9 Å². The third kappa shape index (κ3) is 2.24. The lowest BCUT2D eigenvalue weighted by Gasteiger charge is -2.40. The molecule has 3 aliphatic rings. The zero-order valence-corrected chi connectivity index (χ0v) is 15.9. The minimum Gasteiger partial charge on any atom is -0.492 e. The predicted molar refractivity (Wildman–Crippen MR) is 98.6 cm³/mol. The van der Waals surface area contributed by atoms with E-state index in [9.17, 15) is 14.7 Å². The van der Waals surface area contributed by atoms with E-state index >= 15 is 0 Å². The van der Waals surface area contributed by atoms with Gasteiger partial charge in [-0.3, -0.25) is 9.59 Å². The van der Waals surface area contributed by atoms with Crippen LogP contribution < -0.4 is 0 Å². The first-order chi connectivity index (χ1) is 12.2. The largest absolute Gasteiger partial charge is 0.492 e. The first-order valence-electron chi connectivity index (χ1n) is 9.47. The second kappa shape index (κ2) is 5.53. The number of hydrogen-bond donors (Lipinski definition) is 1. The van der Waals surface area contributed by atoms with Crippen molar-refractivity contribution in [1.82, 2.24) is 0 Å². The van der Waals surface area contributed by atoms with Crippen LogP contribution in [0.2, 0.25) is 0 Å². The van der Waals surface area contributed by atoms with Gasteiger partial charge in [0.15, 0.2) is 11.4 Å². The first-order valence-corrected chi connectivity index (χ1v) is 9.47. The highest BCUT2D eigenvalue weighted by molar-refractivity contribution is 6.13. The molecule has 0 saturated heterocycles. The Morgan fingerprint density at radius 3 is 2.77 bits per heavy atom. The zero-order chi connectivity index (χ0) is 18.9. The molecular weight excluding hydrogens is 328 g/mol. The fourth-order valence-corrected chi connectivity index (χ4v) is 5.05. The van der Waals surface area contributed by atoms with Crippen LogP contribution >= 0.6 is 0 Å². The summed E-state index contributed by atoms with van der Waals surface area (Å²) in [5.74, 6) is 0.000541. The fourth-order valence-electron chi connectivity index (χ4n) is 5.05. The molecule has 0 saturated carbocycles. The summed E-state index contributed by atoms with van der Waals surface area (Å²) in [4.78, 5) is 25.3. The summed E-state index contributed by atoms with van der Waals surface area (Å²) in [7, 11) is 0. The Morgan fingerprint density at radius 2 is 2.08 bits per heavy atom. The van der Waals surface area contributed by atoms with Gasteiger partial charge in [-0.15, -0.1) is 0 Å². The molecule has 4 heteroatoms. The summed E-state index contributed by atoms with van der Waals surface area (Å²) in [6, 6.07) is 4.10. The monoisotopic (exact) mass is 354 g/mol. The maximum Gasteiger partial charge on any atom is 0.199 e. The number of benzene rings is 1. The summed E-state index contributed by atoms with van der Waals surface area (Å²) >= 11 is 0. The number of aliphatic hydroxyl groups is 1. The van der Waals surface area contributed by atoms with Gasteiger partial charge in [-0.05, 0) is 42.7 Å². The van der Waals surface area contributed by atoms with Gasteiger partial charge in [0.25, 0.3) is 0 Å². The van der Waals surface area contributed by atoms with Crippen molar-refractivity contribution in [2.24, 2.45) is 5.92 Å². The van der Waals surface area contributed by atoms with Crippen molar-refractivity contribution in [1.29, 1.82) is 0 Å². The Bertz CT molecular complexity index is 861. The topological polar surface area (TPSA) is 63.6 Å². The van der Waals surface area contributed by atoms with Gasteiger partial charge < -0.3 is 9.84 Å². The van der Waals surface area contributed by atoms with E-state index in [1.807, 2.05) is 13.0 Å². The van der Waals surface area contributed by atoms with Gasteiger partial charge in [0.1, 0.15) is 11.5 Å². The van der Waals surface area contributed by atoms with Crippen LogP contribution in [0.1, 0.15) is 69.2 Å². The van der Waals surface area contributed by atoms with Gasteiger partial charge in [-0.2, -0.15) is 0 Å². The molecule has 1 aromatic rings. The third-order valence-corrected chi connectivity index (χ3v) is 6.27. The molecule has 2 atom stereocenters. The summed E-state index contributed by atoms with van der Waals surface area (Å²) in [5, 5.41) is 11.6. The number of Topliss-reactive ketones (excluding diaryl/α,β-unsaturated/α-hetero) is 2. The maximum atomic E-state index is 13.3. The molecule has 4 rings (SSSR count). The fraction of sp³-hybridized carbons (Fsp3) is 0.545. The van der Waals surface area contributed by atoms with E-state index in [2.05, 4.69) is 19.9 Å². The molecular formula is C22H26O4. The average molecular weight is 354 g/mol. The minimum absolute atomic E-state index is 0.0126. The second-order valence-corrected chi connectivity index (χ2v) is 8.77.